The van der Waals surface area contributed by atoms with Crippen molar-refractivity contribution in [1.82, 2.24) is 0 Å². The standard InChI is InChI=1S/C19H23Cl/c1-13(2)19(20)18(16-8-6-5-7-9-16)17-12-14(3)10-11-15(17)4/h5-13,18-19H,1-4H3. The number of hydrogen-bond donors (Lipinski definition) is 0. The van der Waals surface area contributed by atoms with E-state index >= 15 is 0 Å². The maximum absolute atomic E-state index is 6.78. The quantitative estimate of drug-likeness (QED) is 0.633. The van der Waals surface area contributed by atoms with Crippen molar-refractivity contribution < 1.29 is 0 Å². The Kier molecular flexibility index (Phi) is 4.88. The Morgan fingerprint density at radius 2 is 1.55 bits per heavy atom. The van der Waals surface area contributed by atoms with Crippen LogP contribution >= 0.6 is 11.6 Å². The van der Waals surface area contributed by atoms with Crippen LogP contribution in [0.3, 0.4) is 0 Å². The lowest BCUT2D eigenvalue weighted by atomic mass is 9.82. The van der Waals surface area contributed by atoms with E-state index in [4.69, 9.17) is 11.6 Å². The van der Waals surface area contributed by atoms with E-state index in [1.807, 2.05) is 0 Å². The molecule has 2 rings (SSSR count). The Morgan fingerprint density at radius 1 is 0.900 bits per heavy atom. The Balaban J connectivity index is 2.54. The molecule has 0 saturated heterocycles. The normalized spacial score (nSPS) is 14.3. The summed E-state index contributed by atoms with van der Waals surface area (Å²) in [7, 11) is 0. The van der Waals surface area contributed by atoms with Crippen molar-refractivity contribution in [2.45, 2.75) is 39.0 Å². The summed E-state index contributed by atoms with van der Waals surface area (Å²) in [6.45, 7) is 8.70. The molecule has 0 aliphatic heterocycles. The number of hydrogen-bond acceptors (Lipinski definition) is 0. The molecular formula is C19H23Cl. The predicted molar refractivity (Wildman–Crippen MR) is 88.7 cm³/mol. The third-order valence-electron chi connectivity index (χ3n) is 3.88. The van der Waals surface area contributed by atoms with E-state index in [1.165, 1.54) is 22.3 Å². The van der Waals surface area contributed by atoms with Gasteiger partial charge in [-0.05, 0) is 36.5 Å². The summed E-state index contributed by atoms with van der Waals surface area (Å²) in [5.74, 6) is 0.680. The molecule has 2 aromatic carbocycles. The fourth-order valence-electron chi connectivity index (χ4n) is 2.68. The Morgan fingerprint density at radius 3 is 2.15 bits per heavy atom. The molecule has 0 nitrogen and oxygen atoms in total. The maximum Gasteiger partial charge on any atom is 0.0468 e. The molecule has 0 spiro atoms. The molecule has 2 unspecified atom stereocenters. The highest BCUT2D eigenvalue weighted by atomic mass is 35.5. The predicted octanol–water partition coefficient (Wildman–Crippen LogP) is 5.70. The van der Waals surface area contributed by atoms with E-state index in [0.29, 0.717) is 5.92 Å². The first-order valence-corrected chi connectivity index (χ1v) is 7.70. The third-order valence-corrected chi connectivity index (χ3v) is 4.64. The molecule has 20 heavy (non-hydrogen) atoms. The summed E-state index contributed by atoms with van der Waals surface area (Å²) in [5, 5.41) is 0.0953. The van der Waals surface area contributed by atoms with Crippen LogP contribution in [-0.2, 0) is 0 Å². The van der Waals surface area contributed by atoms with Gasteiger partial charge in [-0.2, -0.15) is 0 Å². The van der Waals surface area contributed by atoms with Crippen molar-refractivity contribution in [3.63, 3.8) is 0 Å². The minimum atomic E-state index is 0.0953. The summed E-state index contributed by atoms with van der Waals surface area (Å²) in [6, 6.07) is 17.3. The summed E-state index contributed by atoms with van der Waals surface area (Å²) in [5.41, 5.74) is 5.26. The van der Waals surface area contributed by atoms with E-state index in [-0.39, 0.29) is 11.3 Å². The molecule has 0 fully saturated rings. The smallest absolute Gasteiger partial charge is 0.0468 e. The van der Waals surface area contributed by atoms with E-state index in [0.717, 1.165) is 0 Å². The first-order chi connectivity index (χ1) is 9.50. The molecule has 106 valence electrons. The lowest BCUT2D eigenvalue weighted by Crippen LogP contribution is -2.21. The second kappa shape index (κ2) is 6.45. The first-order valence-electron chi connectivity index (χ1n) is 7.27. The second-order valence-electron chi connectivity index (χ2n) is 5.94. The van der Waals surface area contributed by atoms with Gasteiger partial charge in [0.2, 0.25) is 0 Å². The van der Waals surface area contributed by atoms with Gasteiger partial charge in [-0.25, -0.2) is 0 Å². The summed E-state index contributed by atoms with van der Waals surface area (Å²) in [6.07, 6.45) is 0. The van der Waals surface area contributed by atoms with Gasteiger partial charge in [-0.3, -0.25) is 0 Å². The molecule has 0 heterocycles. The van der Waals surface area contributed by atoms with E-state index in [2.05, 4.69) is 76.2 Å². The highest BCUT2D eigenvalue weighted by Crippen LogP contribution is 2.36. The van der Waals surface area contributed by atoms with E-state index in [1.54, 1.807) is 0 Å². The lowest BCUT2D eigenvalue weighted by molar-refractivity contribution is 0.550. The SMILES string of the molecule is Cc1ccc(C)c(C(c2ccccc2)C(Cl)C(C)C)c1. The number of benzene rings is 2. The largest absolute Gasteiger partial charge is 0.122 e. The van der Waals surface area contributed by atoms with Crippen molar-refractivity contribution in [1.29, 1.82) is 0 Å². The molecular weight excluding hydrogens is 264 g/mol. The molecule has 2 aromatic rings. The van der Waals surface area contributed by atoms with Crippen LogP contribution in [0, 0.1) is 19.8 Å². The molecule has 0 aromatic heterocycles. The van der Waals surface area contributed by atoms with Crippen molar-refractivity contribution >= 4 is 11.6 Å². The molecule has 0 N–H and O–H groups in total. The average molecular weight is 287 g/mol. The molecule has 0 radical (unpaired) electrons. The molecule has 0 aliphatic rings. The minimum Gasteiger partial charge on any atom is -0.122 e. The second-order valence-corrected chi connectivity index (χ2v) is 6.44. The minimum absolute atomic E-state index is 0.0953. The van der Waals surface area contributed by atoms with Crippen LogP contribution in [0.15, 0.2) is 48.5 Å². The molecule has 0 saturated carbocycles. The Bertz CT molecular complexity index is 557. The highest BCUT2D eigenvalue weighted by molar-refractivity contribution is 6.21. The van der Waals surface area contributed by atoms with Crippen molar-refractivity contribution in [2.75, 3.05) is 0 Å². The van der Waals surface area contributed by atoms with Crippen molar-refractivity contribution in [3.05, 3.63) is 70.8 Å². The summed E-state index contributed by atoms with van der Waals surface area (Å²) >= 11 is 6.78. The van der Waals surface area contributed by atoms with Crippen LogP contribution in [0.5, 0.6) is 0 Å². The van der Waals surface area contributed by atoms with Gasteiger partial charge in [0.25, 0.3) is 0 Å². The van der Waals surface area contributed by atoms with Crippen LogP contribution < -0.4 is 0 Å². The number of aryl methyl sites for hydroxylation is 2. The average Bonchev–Trinajstić information content (AvgIpc) is 2.44. The van der Waals surface area contributed by atoms with Gasteiger partial charge < -0.3 is 0 Å². The van der Waals surface area contributed by atoms with Crippen LogP contribution in [0.2, 0.25) is 0 Å². The van der Waals surface area contributed by atoms with Gasteiger partial charge in [0.05, 0.1) is 0 Å². The summed E-state index contributed by atoms with van der Waals surface area (Å²) in [4.78, 5) is 0. The zero-order valence-electron chi connectivity index (χ0n) is 12.7. The van der Waals surface area contributed by atoms with Gasteiger partial charge in [-0.1, -0.05) is 67.9 Å². The van der Waals surface area contributed by atoms with E-state index < -0.39 is 0 Å². The van der Waals surface area contributed by atoms with Crippen molar-refractivity contribution in [3.8, 4) is 0 Å². The molecule has 2 atom stereocenters. The summed E-state index contributed by atoms with van der Waals surface area (Å²) < 4.78 is 0. The fraction of sp³-hybridized carbons (Fsp3) is 0.368. The number of rotatable bonds is 4. The molecule has 0 amide bonds. The van der Waals surface area contributed by atoms with Crippen LogP contribution in [0.25, 0.3) is 0 Å². The van der Waals surface area contributed by atoms with Gasteiger partial charge in [-0.15, -0.1) is 11.6 Å². The first kappa shape index (κ1) is 15.1. The van der Waals surface area contributed by atoms with Crippen LogP contribution in [0.1, 0.15) is 42.0 Å². The zero-order valence-corrected chi connectivity index (χ0v) is 13.5. The number of halogens is 1. The Labute approximate surface area is 127 Å². The topological polar surface area (TPSA) is 0 Å². The van der Waals surface area contributed by atoms with Crippen LogP contribution in [-0.4, -0.2) is 5.38 Å². The molecule has 0 bridgehead atoms. The van der Waals surface area contributed by atoms with Gasteiger partial charge >= 0.3 is 0 Å². The fourth-order valence-corrected chi connectivity index (χ4v) is 2.96. The third kappa shape index (κ3) is 3.24. The monoisotopic (exact) mass is 286 g/mol. The highest BCUT2D eigenvalue weighted by Gasteiger charge is 2.26. The van der Waals surface area contributed by atoms with Gasteiger partial charge in [0, 0.05) is 11.3 Å². The maximum atomic E-state index is 6.78. The number of alkyl halides is 1. The molecule has 0 aliphatic carbocycles. The van der Waals surface area contributed by atoms with Crippen LogP contribution in [0.4, 0.5) is 0 Å². The van der Waals surface area contributed by atoms with E-state index in [9.17, 15) is 0 Å². The lowest BCUT2D eigenvalue weighted by Gasteiger charge is -2.28. The molecule has 1 heteroatoms. The Hall–Kier alpha value is -1.27. The van der Waals surface area contributed by atoms with Gasteiger partial charge in [0.15, 0.2) is 0 Å². The van der Waals surface area contributed by atoms with Crippen molar-refractivity contribution in [2.24, 2.45) is 5.92 Å². The zero-order chi connectivity index (χ0) is 14.7. The van der Waals surface area contributed by atoms with Gasteiger partial charge in [0.1, 0.15) is 0 Å².